The molecule has 0 aromatic heterocycles. The third-order valence-electron chi connectivity index (χ3n) is 12.0. The minimum atomic E-state index is -0.315. The molecule has 1 heterocycles. The van der Waals surface area contributed by atoms with Gasteiger partial charge < -0.3 is 14.4 Å². The zero-order chi connectivity index (χ0) is 35.5. The van der Waals surface area contributed by atoms with Crippen molar-refractivity contribution in [1.29, 1.82) is 0 Å². The van der Waals surface area contributed by atoms with Crippen LogP contribution in [0, 0.1) is 11.8 Å². The maximum absolute atomic E-state index is 7.14. The fraction of sp³-hybridized carbons (Fsp3) is 0.830. The molecule has 0 radical (unpaired) electrons. The number of allylic oxidation sites excluding steroid dienone is 8. The Bertz CT molecular complexity index is 885. The normalized spacial score (nSPS) is 24.7. The summed E-state index contributed by atoms with van der Waals surface area (Å²) >= 11 is 0. The van der Waals surface area contributed by atoms with Gasteiger partial charge >= 0.3 is 0 Å². The van der Waals surface area contributed by atoms with Gasteiger partial charge in [0.1, 0.15) is 0 Å². The number of nitrogens with zero attached hydrogens (tertiary/aromatic N) is 1. The summed E-state index contributed by atoms with van der Waals surface area (Å²) in [5.74, 6) is 1.06. The molecule has 2 bridgehead atoms. The summed E-state index contributed by atoms with van der Waals surface area (Å²) in [6.45, 7) is 4.55. The topological polar surface area (TPSA) is 21.7 Å². The number of fused-ring (bicyclic) bond motifs is 5. The minimum absolute atomic E-state index is 0.315. The first-order valence-corrected chi connectivity index (χ1v) is 22.2. The number of ether oxygens (including phenoxy) is 2. The highest BCUT2D eigenvalue weighted by atomic mass is 16.8. The summed E-state index contributed by atoms with van der Waals surface area (Å²) in [5, 5.41) is 0. The van der Waals surface area contributed by atoms with Crippen LogP contribution in [0.1, 0.15) is 200 Å². The molecular weight excluding hydrogens is 611 g/mol. The summed E-state index contributed by atoms with van der Waals surface area (Å²) in [6.07, 6.45) is 56.9. The molecule has 3 aliphatic rings. The van der Waals surface area contributed by atoms with Crippen LogP contribution in [-0.2, 0) is 9.47 Å². The van der Waals surface area contributed by atoms with Crippen LogP contribution < -0.4 is 0 Å². The van der Waals surface area contributed by atoms with Gasteiger partial charge in [0.2, 0.25) is 0 Å². The van der Waals surface area contributed by atoms with Gasteiger partial charge in [-0.15, -0.1) is 0 Å². The van der Waals surface area contributed by atoms with Crippen LogP contribution in [0.25, 0.3) is 0 Å². The van der Waals surface area contributed by atoms with Crippen molar-refractivity contribution >= 4 is 0 Å². The number of unbranched alkanes of at least 4 members (excludes halogenated alkanes) is 18. The lowest BCUT2D eigenvalue weighted by molar-refractivity contribution is -0.203. The lowest BCUT2D eigenvalue weighted by Gasteiger charge is -2.38. The molecule has 3 nitrogen and oxygen atoms in total. The molecule has 2 unspecified atom stereocenters. The molecule has 1 aliphatic heterocycles. The Kier molecular flexibility index (Phi) is 23.7. The van der Waals surface area contributed by atoms with E-state index in [4.69, 9.17) is 9.47 Å². The van der Waals surface area contributed by atoms with Crippen molar-refractivity contribution in [3.8, 4) is 0 Å². The molecule has 2 aliphatic carbocycles. The monoisotopic (exact) mass is 694 g/mol. The fourth-order valence-electron chi connectivity index (χ4n) is 9.00. The van der Waals surface area contributed by atoms with Crippen LogP contribution in [-0.4, -0.2) is 43.0 Å². The SMILES string of the molecule is CCCCC/C=C\C/C=C\CCCCCCCCC1(CCCCCCCC/C=C\C/C=C\CCCCC)O[C@@H]2C3CC(CC[C@@H]3N(C)C)[C@@H]2O1. The van der Waals surface area contributed by atoms with Crippen LogP contribution in [0.2, 0.25) is 0 Å². The van der Waals surface area contributed by atoms with Crippen LogP contribution in [0.3, 0.4) is 0 Å². The van der Waals surface area contributed by atoms with Crippen molar-refractivity contribution in [1.82, 2.24) is 4.90 Å². The van der Waals surface area contributed by atoms with Gasteiger partial charge in [-0.05, 0) is 116 Å². The van der Waals surface area contributed by atoms with Crippen LogP contribution in [0.4, 0.5) is 0 Å². The third-order valence-corrected chi connectivity index (χ3v) is 12.0. The summed E-state index contributed by atoms with van der Waals surface area (Å²) < 4.78 is 14.2. The lowest BCUT2D eigenvalue weighted by Crippen LogP contribution is -2.42. The number of rotatable bonds is 31. The summed E-state index contributed by atoms with van der Waals surface area (Å²) in [5.41, 5.74) is 0. The van der Waals surface area contributed by atoms with E-state index in [9.17, 15) is 0 Å². The van der Waals surface area contributed by atoms with E-state index in [1.807, 2.05) is 0 Å². The standard InChI is InChI=1S/C47H83NO2/c1-5-7-9-11-13-15-17-19-21-23-25-27-29-31-33-35-39-47(49-45-42-37-38-44(48(3)4)43(41-42)46(45)50-47)40-36-34-32-30-28-26-24-22-20-18-16-14-12-10-8-6-2/h13-16,19-22,42-46H,5-12,17-18,23-41H2,1-4H3/b15-13-,16-14-,21-19-,22-20-/t42?,43?,44-,45-,46+/m0/s1. The molecule has 0 spiro atoms. The average molecular weight is 694 g/mol. The maximum Gasteiger partial charge on any atom is 0.169 e. The highest BCUT2D eigenvalue weighted by molar-refractivity contribution is 5.06. The first-order valence-electron chi connectivity index (χ1n) is 22.2. The third kappa shape index (κ3) is 17.1. The predicted molar refractivity (Wildman–Crippen MR) is 219 cm³/mol. The van der Waals surface area contributed by atoms with E-state index in [-0.39, 0.29) is 5.79 Å². The maximum atomic E-state index is 7.14. The average Bonchev–Trinajstić information content (AvgIpc) is 3.61. The van der Waals surface area contributed by atoms with Crippen molar-refractivity contribution in [3.05, 3.63) is 48.6 Å². The molecule has 0 aromatic carbocycles. The van der Waals surface area contributed by atoms with E-state index >= 15 is 0 Å². The van der Waals surface area contributed by atoms with Gasteiger partial charge in [-0.2, -0.15) is 0 Å². The molecule has 2 saturated carbocycles. The van der Waals surface area contributed by atoms with E-state index in [1.54, 1.807) is 0 Å². The van der Waals surface area contributed by atoms with E-state index < -0.39 is 0 Å². The van der Waals surface area contributed by atoms with Gasteiger partial charge in [0, 0.05) is 24.8 Å². The Morgan fingerprint density at radius 3 is 1.38 bits per heavy atom. The van der Waals surface area contributed by atoms with Crippen LogP contribution in [0.5, 0.6) is 0 Å². The molecule has 0 N–H and O–H groups in total. The summed E-state index contributed by atoms with van der Waals surface area (Å²) in [7, 11) is 4.55. The Balaban J connectivity index is 1.30. The summed E-state index contributed by atoms with van der Waals surface area (Å²) in [4.78, 5) is 2.47. The smallest absolute Gasteiger partial charge is 0.169 e. The van der Waals surface area contributed by atoms with E-state index in [1.165, 1.54) is 161 Å². The Morgan fingerprint density at radius 2 is 0.920 bits per heavy atom. The van der Waals surface area contributed by atoms with Crippen LogP contribution in [0.15, 0.2) is 48.6 Å². The second-order valence-corrected chi connectivity index (χ2v) is 16.5. The summed E-state index contributed by atoms with van der Waals surface area (Å²) in [6, 6.07) is 0.657. The molecule has 0 aromatic rings. The van der Waals surface area contributed by atoms with Gasteiger partial charge in [0.05, 0.1) is 12.2 Å². The number of hydrogen-bond donors (Lipinski definition) is 0. The van der Waals surface area contributed by atoms with Gasteiger partial charge in [-0.25, -0.2) is 0 Å². The lowest BCUT2D eigenvalue weighted by atomic mass is 9.83. The van der Waals surface area contributed by atoms with Gasteiger partial charge in [0.15, 0.2) is 5.79 Å². The van der Waals surface area contributed by atoms with E-state index in [0.29, 0.717) is 24.2 Å². The van der Waals surface area contributed by atoms with Crippen molar-refractivity contribution in [3.63, 3.8) is 0 Å². The quantitative estimate of drug-likeness (QED) is 0.0533. The first kappa shape index (κ1) is 43.2. The number of hydrogen-bond acceptors (Lipinski definition) is 3. The van der Waals surface area contributed by atoms with Crippen molar-refractivity contribution in [2.75, 3.05) is 14.1 Å². The molecular formula is C47H83NO2. The van der Waals surface area contributed by atoms with Gasteiger partial charge in [-0.1, -0.05) is 140 Å². The van der Waals surface area contributed by atoms with E-state index in [0.717, 1.165) is 31.6 Å². The van der Waals surface area contributed by atoms with Gasteiger partial charge in [-0.3, -0.25) is 0 Å². The van der Waals surface area contributed by atoms with Crippen LogP contribution >= 0.6 is 0 Å². The molecule has 288 valence electrons. The fourth-order valence-corrected chi connectivity index (χ4v) is 9.00. The molecule has 3 fully saturated rings. The largest absolute Gasteiger partial charge is 0.344 e. The molecule has 1 saturated heterocycles. The van der Waals surface area contributed by atoms with Crippen molar-refractivity contribution in [2.45, 2.75) is 224 Å². The Labute approximate surface area is 312 Å². The Hall–Kier alpha value is -1.16. The minimum Gasteiger partial charge on any atom is -0.344 e. The molecule has 3 rings (SSSR count). The molecule has 5 atom stereocenters. The molecule has 50 heavy (non-hydrogen) atoms. The molecule has 3 heteroatoms. The highest BCUT2D eigenvalue weighted by Gasteiger charge is 2.59. The zero-order valence-electron chi connectivity index (χ0n) is 33.8. The zero-order valence-corrected chi connectivity index (χ0v) is 33.8. The van der Waals surface area contributed by atoms with Crippen molar-refractivity contribution in [2.24, 2.45) is 11.8 Å². The first-order chi connectivity index (χ1) is 24.6. The Morgan fingerprint density at radius 1 is 0.500 bits per heavy atom. The second-order valence-electron chi connectivity index (χ2n) is 16.5. The van der Waals surface area contributed by atoms with Crippen molar-refractivity contribution < 1.29 is 9.47 Å². The second kappa shape index (κ2) is 27.4. The molecule has 0 amide bonds. The predicted octanol–water partition coefficient (Wildman–Crippen LogP) is 14.2. The van der Waals surface area contributed by atoms with E-state index in [2.05, 4.69) is 81.5 Å². The highest BCUT2D eigenvalue weighted by Crippen LogP contribution is 2.54. The van der Waals surface area contributed by atoms with Gasteiger partial charge in [0.25, 0.3) is 0 Å².